The van der Waals surface area contributed by atoms with Crippen LogP contribution in [0.1, 0.15) is 11.3 Å². The average Bonchev–Trinajstić information content (AvgIpc) is 2.85. The zero-order valence-electron chi connectivity index (χ0n) is 11.7. The van der Waals surface area contributed by atoms with Crippen molar-refractivity contribution in [2.75, 3.05) is 4.72 Å². The van der Waals surface area contributed by atoms with Gasteiger partial charge in [-0.3, -0.25) is 4.72 Å². The molecule has 3 rings (SSSR count). The van der Waals surface area contributed by atoms with Crippen molar-refractivity contribution < 1.29 is 12.9 Å². The standard InChI is InChI=1S/C15H13BrN2O3S/c1-10-8-11(16)6-7-13(10)18-22(19,20)9-14-12-4-2-3-5-15(12)21-17-14/h2-8,18H,9H2,1H3. The van der Waals surface area contributed by atoms with Gasteiger partial charge >= 0.3 is 0 Å². The SMILES string of the molecule is Cc1cc(Br)ccc1NS(=O)(=O)Cc1noc2ccccc12. The highest BCUT2D eigenvalue weighted by atomic mass is 79.9. The second-order valence-corrected chi connectivity index (χ2v) is 7.58. The topological polar surface area (TPSA) is 72.2 Å². The predicted molar refractivity (Wildman–Crippen MR) is 89.1 cm³/mol. The fourth-order valence-electron chi connectivity index (χ4n) is 2.17. The van der Waals surface area contributed by atoms with Crippen molar-refractivity contribution >= 4 is 42.6 Å². The first-order chi connectivity index (χ1) is 10.4. The molecule has 0 spiro atoms. The minimum Gasteiger partial charge on any atom is -0.356 e. The van der Waals surface area contributed by atoms with Crippen molar-refractivity contribution in [1.82, 2.24) is 5.16 Å². The van der Waals surface area contributed by atoms with Crippen LogP contribution in [0.2, 0.25) is 0 Å². The highest BCUT2D eigenvalue weighted by Crippen LogP contribution is 2.23. The van der Waals surface area contributed by atoms with Crippen molar-refractivity contribution in [3.05, 3.63) is 58.2 Å². The zero-order chi connectivity index (χ0) is 15.7. The minimum atomic E-state index is -3.57. The number of benzene rings is 2. The Morgan fingerprint density at radius 3 is 2.77 bits per heavy atom. The molecular weight excluding hydrogens is 368 g/mol. The maximum Gasteiger partial charge on any atom is 0.238 e. The molecule has 0 saturated carbocycles. The van der Waals surface area contributed by atoms with E-state index >= 15 is 0 Å². The van der Waals surface area contributed by atoms with Gasteiger partial charge in [0.05, 0.1) is 5.69 Å². The Labute approximate surface area is 136 Å². The first-order valence-corrected chi connectivity index (χ1v) is 8.99. The Morgan fingerprint density at radius 2 is 2.00 bits per heavy atom. The number of anilines is 1. The quantitative estimate of drug-likeness (QED) is 0.745. The molecule has 0 aliphatic heterocycles. The molecule has 2 aromatic carbocycles. The number of nitrogens with zero attached hydrogens (tertiary/aromatic N) is 1. The third kappa shape index (κ3) is 3.15. The highest BCUT2D eigenvalue weighted by molar-refractivity contribution is 9.10. The third-order valence-electron chi connectivity index (χ3n) is 3.23. The van der Waals surface area contributed by atoms with Crippen LogP contribution in [-0.2, 0) is 15.8 Å². The van der Waals surface area contributed by atoms with Crippen LogP contribution < -0.4 is 4.72 Å². The summed E-state index contributed by atoms with van der Waals surface area (Å²) < 4.78 is 33.3. The van der Waals surface area contributed by atoms with Crippen molar-refractivity contribution in [2.24, 2.45) is 0 Å². The summed E-state index contributed by atoms with van der Waals surface area (Å²) in [6.07, 6.45) is 0. The Hall–Kier alpha value is -1.86. The molecular formula is C15H13BrN2O3S. The number of aromatic nitrogens is 1. The normalized spacial score (nSPS) is 11.7. The first-order valence-electron chi connectivity index (χ1n) is 6.54. The van der Waals surface area contributed by atoms with Crippen LogP contribution in [0, 0.1) is 6.92 Å². The van der Waals surface area contributed by atoms with Gasteiger partial charge < -0.3 is 4.52 Å². The van der Waals surface area contributed by atoms with E-state index in [0.29, 0.717) is 22.4 Å². The van der Waals surface area contributed by atoms with Gasteiger partial charge in [-0.05, 0) is 42.8 Å². The van der Waals surface area contributed by atoms with E-state index < -0.39 is 10.0 Å². The molecule has 22 heavy (non-hydrogen) atoms. The molecule has 1 aromatic heterocycles. The molecule has 7 heteroatoms. The summed E-state index contributed by atoms with van der Waals surface area (Å²) in [5.74, 6) is -0.237. The lowest BCUT2D eigenvalue weighted by Crippen LogP contribution is -2.16. The molecule has 0 aliphatic rings. The molecule has 0 saturated heterocycles. The fraction of sp³-hybridized carbons (Fsp3) is 0.133. The number of rotatable bonds is 4. The number of sulfonamides is 1. The molecule has 1 N–H and O–H groups in total. The van der Waals surface area contributed by atoms with E-state index in [2.05, 4.69) is 25.8 Å². The van der Waals surface area contributed by atoms with Gasteiger partial charge in [0.25, 0.3) is 0 Å². The second kappa shape index (κ2) is 5.73. The maximum atomic E-state index is 12.3. The Kier molecular flexibility index (Phi) is 3.92. The van der Waals surface area contributed by atoms with Gasteiger partial charge in [-0.25, -0.2) is 8.42 Å². The Morgan fingerprint density at radius 1 is 1.23 bits per heavy atom. The largest absolute Gasteiger partial charge is 0.356 e. The van der Waals surface area contributed by atoms with Gasteiger partial charge in [0.15, 0.2) is 5.58 Å². The highest BCUT2D eigenvalue weighted by Gasteiger charge is 2.18. The number of para-hydroxylation sites is 1. The Balaban J connectivity index is 1.87. The van der Waals surface area contributed by atoms with Gasteiger partial charge in [-0.2, -0.15) is 0 Å². The van der Waals surface area contributed by atoms with Crippen molar-refractivity contribution in [2.45, 2.75) is 12.7 Å². The first kappa shape index (κ1) is 15.1. The third-order valence-corrected chi connectivity index (χ3v) is 4.91. The van der Waals surface area contributed by atoms with Gasteiger partial charge in [0.2, 0.25) is 10.0 Å². The summed E-state index contributed by atoms with van der Waals surface area (Å²) in [4.78, 5) is 0. The van der Waals surface area contributed by atoms with E-state index in [4.69, 9.17) is 4.52 Å². The zero-order valence-corrected chi connectivity index (χ0v) is 14.1. The predicted octanol–water partition coefficient (Wildman–Crippen LogP) is 3.84. The summed E-state index contributed by atoms with van der Waals surface area (Å²) in [7, 11) is -3.57. The smallest absolute Gasteiger partial charge is 0.238 e. The molecule has 0 unspecified atom stereocenters. The van der Waals surface area contributed by atoms with Crippen molar-refractivity contribution in [3.63, 3.8) is 0 Å². The number of halogens is 1. The lowest BCUT2D eigenvalue weighted by molar-refractivity contribution is 0.448. The molecule has 114 valence electrons. The van der Waals surface area contributed by atoms with E-state index in [-0.39, 0.29) is 5.75 Å². The van der Waals surface area contributed by atoms with Gasteiger partial charge in [-0.1, -0.05) is 33.2 Å². The van der Waals surface area contributed by atoms with Crippen LogP contribution in [0.3, 0.4) is 0 Å². The van der Waals surface area contributed by atoms with Crippen LogP contribution in [0.4, 0.5) is 5.69 Å². The van der Waals surface area contributed by atoms with E-state index in [1.165, 1.54) is 0 Å². The number of aryl methyl sites for hydroxylation is 1. The van der Waals surface area contributed by atoms with Crippen LogP contribution in [0.15, 0.2) is 51.5 Å². The van der Waals surface area contributed by atoms with Gasteiger partial charge in [0.1, 0.15) is 11.4 Å². The summed E-state index contributed by atoms with van der Waals surface area (Å²) in [5.41, 5.74) is 2.37. The molecule has 0 bridgehead atoms. The van der Waals surface area contributed by atoms with E-state index in [9.17, 15) is 8.42 Å². The summed E-state index contributed by atoms with van der Waals surface area (Å²) >= 11 is 3.35. The molecule has 0 atom stereocenters. The Bertz CT molecular complexity index is 935. The fourth-order valence-corrected chi connectivity index (χ4v) is 3.85. The lowest BCUT2D eigenvalue weighted by Gasteiger charge is -2.10. The summed E-state index contributed by atoms with van der Waals surface area (Å²) in [6.45, 7) is 1.84. The molecule has 1 heterocycles. The van der Waals surface area contributed by atoms with Crippen LogP contribution >= 0.6 is 15.9 Å². The van der Waals surface area contributed by atoms with E-state index in [1.807, 2.05) is 25.1 Å². The van der Waals surface area contributed by atoms with Gasteiger partial charge in [-0.15, -0.1) is 0 Å². The van der Waals surface area contributed by atoms with Crippen LogP contribution in [-0.4, -0.2) is 13.6 Å². The summed E-state index contributed by atoms with van der Waals surface area (Å²) in [5, 5.41) is 4.57. The van der Waals surface area contributed by atoms with Crippen LogP contribution in [0.5, 0.6) is 0 Å². The number of nitrogens with one attached hydrogen (secondary N) is 1. The van der Waals surface area contributed by atoms with E-state index in [1.54, 1.807) is 24.3 Å². The number of hydrogen-bond donors (Lipinski definition) is 1. The van der Waals surface area contributed by atoms with Crippen LogP contribution in [0.25, 0.3) is 11.0 Å². The minimum absolute atomic E-state index is 0.237. The van der Waals surface area contributed by atoms with E-state index in [0.717, 1.165) is 10.0 Å². The molecule has 0 aliphatic carbocycles. The van der Waals surface area contributed by atoms with Crippen molar-refractivity contribution in [3.8, 4) is 0 Å². The lowest BCUT2D eigenvalue weighted by atomic mass is 10.2. The summed E-state index contributed by atoms with van der Waals surface area (Å²) in [6, 6.07) is 12.5. The maximum absolute atomic E-state index is 12.3. The monoisotopic (exact) mass is 380 g/mol. The van der Waals surface area contributed by atoms with Crippen molar-refractivity contribution in [1.29, 1.82) is 0 Å². The molecule has 0 amide bonds. The molecule has 5 nitrogen and oxygen atoms in total. The molecule has 3 aromatic rings. The second-order valence-electron chi connectivity index (χ2n) is 4.95. The molecule has 0 fully saturated rings. The number of fused-ring (bicyclic) bond motifs is 1. The van der Waals surface area contributed by atoms with Gasteiger partial charge in [0, 0.05) is 9.86 Å². The molecule has 0 radical (unpaired) electrons. The average molecular weight is 381 g/mol. The number of hydrogen-bond acceptors (Lipinski definition) is 4.